The third-order valence-corrected chi connectivity index (χ3v) is 2.91. The number of nitrogens with one attached hydrogen (secondary N) is 1. The Morgan fingerprint density at radius 1 is 0.955 bits per heavy atom. The minimum Gasteiger partial charge on any atom is -0.323 e. The molecule has 0 radical (unpaired) electrons. The summed E-state index contributed by atoms with van der Waals surface area (Å²) in [4.78, 5) is 23.4. The number of hydrogen-bond donors (Lipinski definition) is 1. The van der Waals surface area contributed by atoms with Crippen LogP contribution in [0.2, 0.25) is 0 Å². The number of anilines is 1. The summed E-state index contributed by atoms with van der Waals surface area (Å²) >= 11 is 0. The Bertz CT molecular complexity index is 737. The molecule has 3 nitrogen and oxygen atoms in total. The molecular weight excluding hydrogens is 288 g/mol. The molecule has 1 N–H and O–H groups in total. The minimum absolute atomic E-state index is 0.0294. The van der Waals surface area contributed by atoms with Crippen LogP contribution in [-0.4, -0.2) is 11.7 Å². The zero-order valence-corrected chi connectivity index (χ0v) is 11.8. The van der Waals surface area contributed by atoms with Crippen molar-refractivity contribution in [1.82, 2.24) is 0 Å². The number of amides is 1. The van der Waals surface area contributed by atoms with Crippen LogP contribution in [0.15, 0.2) is 54.6 Å². The molecule has 5 heteroatoms. The molecule has 0 bridgehead atoms. The first-order valence-electron chi connectivity index (χ1n) is 6.51. The molecule has 0 aromatic heterocycles. The zero-order valence-electron chi connectivity index (χ0n) is 11.8. The Balaban J connectivity index is 2.01. The van der Waals surface area contributed by atoms with E-state index in [0.29, 0.717) is 5.69 Å². The average molecular weight is 301 g/mol. The van der Waals surface area contributed by atoms with Gasteiger partial charge in [-0.25, -0.2) is 8.78 Å². The van der Waals surface area contributed by atoms with Gasteiger partial charge in [0.1, 0.15) is 0 Å². The van der Waals surface area contributed by atoms with Crippen LogP contribution in [0.3, 0.4) is 0 Å². The predicted molar refractivity (Wildman–Crippen MR) is 79.6 cm³/mol. The van der Waals surface area contributed by atoms with Gasteiger partial charge in [-0.3, -0.25) is 9.59 Å². The second kappa shape index (κ2) is 6.76. The maximum absolute atomic E-state index is 13.0. The summed E-state index contributed by atoms with van der Waals surface area (Å²) < 4.78 is 25.8. The molecule has 0 saturated carbocycles. The molecule has 0 aliphatic carbocycles. The predicted octanol–water partition coefficient (Wildman–Crippen LogP) is 3.65. The number of rotatable bonds is 4. The summed E-state index contributed by atoms with van der Waals surface area (Å²) in [6, 6.07) is 9.96. The van der Waals surface area contributed by atoms with Gasteiger partial charge in [-0.05, 0) is 43.3 Å². The Morgan fingerprint density at radius 3 is 2.27 bits per heavy atom. The number of aryl methyl sites for hydroxylation is 1. The van der Waals surface area contributed by atoms with Gasteiger partial charge in [0, 0.05) is 17.3 Å². The smallest absolute Gasteiger partial charge is 0.248 e. The van der Waals surface area contributed by atoms with Crippen molar-refractivity contribution in [3.05, 3.63) is 77.4 Å². The van der Waals surface area contributed by atoms with E-state index in [-0.39, 0.29) is 5.56 Å². The van der Waals surface area contributed by atoms with Gasteiger partial charge in [0.25, 0.3) is 0 Å². The van der Waals surface area contributed by atoms with Crippen molar-refractivity contribution in [2.75, 3.05) is 5.32 Å². The second-order valence-corrected chi connectivity index (χ2v) is 4.68. The largest absolute Gasteiger partial charge is 0.323 e. The SMILES string of the molecule is Cc1ccc(NC(=O)/C=C/C(=O)c2ccc(F)c(F)c2)cc1. The monoisotopic (exact) mass is 301 g/mol. The lowest BCUT2D eigenvalue weighted by Gasteiger charge is -2.02. The second-order valence-electron chi connectivity index (χ2n) is 4.68. The first-order chi connectivity index (χ1) is 10.5. The molecule has 0 fully saturated rings. The van der Waals surface area contributed by atoms with Crippen LogP contribution in [0.1, 0.15) is 15.9 Å². The highest BCUT2D eigenvalue weighted by atomic mass is 19.2. The lowest BCUT2D eigenvalue weighted by Crippen LogP contribution is -2.08. The fraction of sp³-hybridized carbons (Fsp3) is 0.0588. The van der Waals surface area contributed by atoms with E-state index in [4.69, 9.17) is 0 Å². The molecule has 2 aromatic carbocycles. The van der Waals surface area contributed by atoms with Crippen molar-refractivity contribution in [3.63, 3.8) is 0 Å². The highest BCUT2D eigenvalue weighted by molar-refractivity contribution is 6.09. The molecule has 0 aliphatic rings. The van der Waals surface area contributed by atoms with Crippen LogP contribution < -0.4 is 5.32 Å². The summed E-state index contributed by atoms with van der Waals surface area (Å²) in [5.41, 5.74) is 1.63. The molecule has 2 aromatic rings. The van der Waals surface area contributed by atoms with Crippen molar-refractivity contribution in [2.24, 2.45) is 0 Å². The molecule has 112 valence electrons. The Morgan fingerprint density at radius 2 is 1.64 bits per heavy atom. The van der Waals surface area contributed by atoms with E-state index in [2.05, 4.69) is 5.32 Å². The first-order valence-corrected chi connectivity index (χ1v) is 6.51. The van der Waals surface area contributed by atoms with E-state index in [1.54, 1.807) is 12.1 Å². The van der Waals surface area contributed by atoms with E-state index in [9.17, 15) is 18.4 Å². The molecular formula is C17H13F2NO2. The fourth-order valence-electron chi connectivity index (χ4n) is 1.72. The zero-order chi connectivity index (χ0) is 16.1. The summed E-state index contributed by atoms with van der Waals surface area (Å²) in [6.07, 6.45) is 2.06. The van der Waals surface area contributed by atoms with Crippen molar-refractivity contribution in [1.29, 1.82) is 0 Å². The lowest BCUT2D eigenvalue weighted by atomic mass is 10.1. The fourth-order valence-corrected chi connectivity index (χ4v) is 1.72. The van der Waals surface area contributed by atoms with E-state index in [0.717, 1.165) is 35.9 Å². The van der Waals surface area contributed by atoms with Crippen molar-refractivity contribution < 1.29 is 18.4 Å². The molecule has 0 heterocycles. The summed E-state index contributed by atoms with van der Waals surface area (Å²) in [6.45, 7) is 1.92. The van der Waals surface area contributed by atoms with Gasteiger partial charge in [-0.2, -0.15) is 0 Å². The number of benzene rings is 2. The summed E-state index contributed by atoms with van der Waals surface area (Å²) in [5.74, 6) is -3.21. The molecule has 0 unspecified atom stereocenters. The quantitative estimate of drug-likeness (QED) is 0.692. The maximum Gasteiger partial charge on any atom is 0.248 e. The van der Waals surface area contributed by atoms with Crippen LogP contribution in [0, 0.1) is 18.6 Å². The van der Waals surface area contributed by atoms with Crippen LogP contribution >= 0.6 is 0 Å². The van der Waals surface area contributed by atoms with E-state index in [1.165, 1.54) is 0 Å². The Labute approximate surface area is 126 Å². The Kier molecular flexibility index (Phi) is 4.78. The highest BCUT2D eigenvalue weighted by Crippen LogP contribution is 2.10. The molecule has 0 spiro atoms. The molecule has 1 amide bonds. The Hall–Kier alpha value is -2.82. The summed E-state index contributed by atoms with van der Waals surface area (Å²) in [5, 5.41) is 2.58. The average Bonchev–Trinajstić information content (AvgIpc) is 2.50. The van der Waals surface area contributed by atoms with Gasteiger partial charge in [-0.15, -0.1) is 0 Å². The third-order valence-electron chi connectivity index (χ3n) is 2.91. The van der Waals surface area contributed by atoms with Crippen molar-refractivity contribution >= 4 is 17.4 Å². The number of ketones is 1. The van der Waals surface area contributed by atoms with E-state index >= 15 is 0 Å². The third kappa shape index (κ3) is 4.09. The van der Waals surface area contributed by atoms with Gasteiger partial charge >= 0.3 is 0 Å². The number of carbonyl (C=O) groups is 2. The number of halogens is 2. The van der Waals surface area contributed by atoms with Crippen LogP contribution in [0.5, 0.6) is 0 Å². The van der Waals surface area contributed by atoms with Crippen LogP contribution in [-0.2, 0) is 4.79 Å². The standard InChI is InChI=1S/C17H13F2NO2/c1-11-2-5-13(6-3-11)20-17(22)9-8-16(21)12-4-7-14(18)15(19)10-12/h2-10H,1H3,(H,20,22)/b9-8+. The molecule has 0 aliphatic heterocycles. The molecule has 0 atom stereocenters. The topological polar surface area (TPSA) is 46.2 Å². The minimum atomic E-state index is -1.11. The first kappa shape index (κ1) is 15.6. The highest BCUT2D eigenvalue weighted by Gasteiger charge is 2.07. The number of allylic oxidation sites excluding steroid dienone is 1. The molecule has 22 heavy (non-hydrogen) atoms. The number of carbonyl (C=O) groups excluding carboxylic acids is 2. The van der Waals surface area contributed by atoms with E-state index < -0.39 is 23.3 Å². The molecule has 0 saturated heterocycles. The van der Waals surface area contributed by atoms with Gasteiger partial charge in [0.15, 0.2) is 17.4 Å². The normalized spacial score (nSPS) is 10.7. The number of hydrogen-bond acceptors (Lipinski definition) is 2. The lowest BCUT2D eigenvalue weighted by molar-refractivity contribution is -0.111. The van der Waals surface area contributed by atoms with Gasteiger partial charge < -0.3 is 5.32 Å². The van der Waals surface area contributed by atoms with Crippen LogP contribution in [0.4, 0.5) is 14.5 Å². The van der Waals surface area contributed by atoms with Crippen molar-refractivity contribution in [2.45, 2.75) is 6.92 Å². The maximum atomic E-state index is 13.0. The van der Waals surface area contributed by atoms with Crippen LogP contribution in [0.25, 0.3) is 0 Å². The summed E-state index contributed by atoms with van der Waals surface area (Å²) in [7, 11) is 0. The van der Waals surface area contributed by atoms with Gasteiger partial charge in [0.05, 0.1) is 0 Å². The van der Waals surface area contributed by atoms with Gasteiger partial charge in [0.2, 0.25) is 5.91 Å². The van der Waals surface area contributed by atoms with Crippen molar-refractivity contribution in [3.8, 4) is 0 Å². The van der Waals surface area contributed by atoms with Gasteiger partial charge in [-0.1, -0.05) is 17.7 Å². The van der Waals surface area contributed by atoms with E-state index in [1.807, 2.05) is 19.1 Å². The molecule has 2 rings (SSSR count).